The molecule has 0 bridgehead atoms. The zero-order chi connectivity index (χ0) is 6.53. The largest absolute Gasteiger partial charge is 0.215 e. The van der Waals surface area contributed by atoms with Gasteiger partial charge >= 0.3 is 0 Å². The lowest BCUT2D eigenvalue weighted by atomic mass is 10.2. The quantitative estimate of drug-likeness (QED) is 0.563. The second-order valence-corrected chi connectivity index (χ2v) is 2.14. The Morgan fingerprint density at radius 1 is 1.44 bits per heavy atom. The molecule has 1 aromatic rings. The highest BCUT2D eigenvalue weighted by Crippen LogP contribution is 1.91. The molecule has 0 saturated heterocycles. The summed E-state index contributed by atoms with van der Waals surface area (Å²) < 4.78 is 0. The Kier molecular flexibility index (Phi) is 2.25. The first-order valence-corrected chi connectivity index (χ1v) is 3.39. The molecular formula is C8H12N+. The number of H-pyrrole nitrogens is 1. The Morgan fingerprint density at radius 2 is 2.33 bits per heavy atom. The summed E-state index contributed by atoms with van der Waals surface area (Å²) in [5.74, 6) is 0. The summed E-state index contributed by atoms with van der Waals surface area (Å²) in [6.45, 7) is 2.18. The number of pyridine rings is 1. The molecule has 48 valence electrons. The van der Waals surface area contributed by atoms with Crippen LogP contribution in [0.1, 0.15) is 19.0 Å². The van der Waals surface area contributed by atoms with Gasteiger partial charge < -0.3 is 0 Å². The van der Waals surface area contributed by atoms with Crippen LogP contribution in [0.5, 0.6) is 0 Å². The van der Waals surface area contributed by atoms with Crippen molar-refractivity contribution in [2.24, 2.45) is 0 Å². The van der Waals surface area contributed by atoms with E-state index in [2.05, 4.69) is 24.0 Å². The molecule has 1 N–H and O–H groups in total. The Morgan fingerprint density at radius 3 is 2.89 bits per heavy atom. The summed E-state index contributed by atoms with van der Waals surface area (Å²) in [5.41, 5.74) is 1.32. The van der Waals surface area contributed by atoms with Crippen LogP contribution in [0.15, 0.2) is 24.4 Å². The third kappa shape index (κ3) is 1.84. The minimum Gasteiger partial charge on any atom is -0.215 e. The maximum Gasteiger partial charge on any atom is 0.179 e. The first-order valence-electron chi connectivity index (χ1n) is 3.39. The summed E-state index contributed by atoms with van der Waals surface area (Å²) in [6.07, 6.45) is 4.33. The lowest BCUT2D eigenvalue weighted by Crippen LogP contribution is -2.07. The number of aromatic amines is 1. The number of aromatic nitrogens is 1. The maximum absolute atomic E-state index is 3.17. The van der Waals surface area contributed by atoms with Crippen LogP contribution in [0.4, 0.5) is 0 Å². The van der Waals surface area contributed by atoms with Gasteiger partial charge in [-0.05, 0) is 6.42 Å². The first kappa shape index (κ1) is 6.27. The molecule has 0 atom stereocenters. The Hall–Kier alpha value is -0.850. The van der Waals surface area contributed by atoms with E-state index in [0.717, 1.165) is 6.42 Å². The zero-order valence-electron chi connectivity index (χ0n) is 5.72. The molecular weight excluding hydrogens is 110 g/mol. The summed E-state index contributed by atoms with van der Waals surface area (Å²) in [6, 6.07) is 6.17. The second-order valence-electron chi connectivity index (χ2n) is 2.14. The predicted octanol–water partition coefficient (Wildman–Crippen LogP) is 1.45. The van der Waals surface area contributed by atoms with Crippen molar-refractivity contribution < 1.29 is 4.98 Å². The molecule has 0 aliphatic heterocycles. The minimum absolute atomic E-state index is 1.15. The summed E-state index contributed by atoms with van der Waals surface area (Å²) in [4.78, 5) is 3.17. The molecule has 0 amide bonds. The van der Waals surface area contributed by atoms with Gasteiger partial charge in [-0.15, -0.1) is 0 Å². The average Bonchev–Trinajstić information content (AvgIpc) is 1.91. The molecule has 1 nitrogen and oxygen atoms in total. The smallest absolute Gasteiger partial charge is 0.179 e. The van der Waals surface area contributed by atoms with Gasteiger partial charge in [0.2, 0.25) is 0 Å². The average molecular weight is 122 g/mol. The molecule has 0 unspecified atom stereocenters. The molecule has 1 aromatic heterocycles. The van der Waals surface area contributed by atoms with Crippen molar-refractivity contribution in [3.63, 3.8) is 0 Å². The van der Waals surface area contributed by atoms with Gasteiger partial charge in [-0.3, -0.25) is 0 Å². The molecule has 0 saturated carbocycles. The molecule has 0 fully saturated rings. The Bertz CT molecular complexity index is 157. The topological polar surface area (TPSA) is 14.1 Å². The molecule has 1 rings (SSSR count). The zero-order valence-corrected chi connectivity index (χ0v) is 5.72. The van der Waals surface area contributed by atoms with Gasteiger partial charge in [0, 0.05) is 18.6 Å². The molecule has 0 aliphatic rings. The lowest BCUT2D eigenvalue weighted by molar-refractivity contribution is -0.390. The highest BCUT2D eigenvalue weighted by Gasteiger charge is 1.93. The number of aryl methyl sites for hydroxylation is 1. The minimum atomic E-state index is 1.15. The highest BCUT2D eigenvalue weighted by atomic mass is 14.7. The van der Waals surface area contributed by atoms with Gasteiger partial charge in [0.05, 0.1) is 0 Å². The number of rotatable bonds is 2. The van der Waals surface area contributed by atoms with Gasteiger partial charge in [0.25, 0.3) is 0 Å². The van der Waals surface area contributed by atoms with Crippen LogP contribution in [0.3, 0.4) is 0 Å². The van der Waals surface area contributed by atoms with Crippen LogP contribution < -0.4 is 4.98 Å². The molecule has 9 heavy (non-hydrogen) atoms. The molecule has 0 spiro atoms. The van der Waals surface area contributed by atoms with E-state index in [1.54, 1.807) is 0 Å². The fraction of sp³-hybridized carbons (Fsp3) is 0.375. The molecule has 1 heterocycles. The van der Waals surface area contributed by atoms with Gasteiger partial charge in [-0.25, -0.2) is 4.98 Å². The summed E-state index contributed by atoms with van der Waals surface area (Å²) in [5, 5.41) is 0. The van der Waals surface area contributed by atoms with Crippen LogP contribution in [0.25, 0.3) is 0 Å². The fourth-order valence-corrected chi connectivity index (χ4v) is 0.855. The predicted molar refractivity (Wildman–Crippen MR) is 37.0 cm³/mol. The molecule has 0 aliphatic carbocycles. The van der Waals surface area contributed by atoms with E-state index in [4.69, 9.17) is 0 Å². The van der Waals surface area contributed by atoms with E-state index in [-0.39, 0.29) is 0 Å². The van der Waals surface area contributed by atoms with E-state index in [1.165, 1.54) is 12.1 Å². The van der Waals surface area contributed by atoms with Crippen molar-refractivity contribution in [3.05, 3.63) is 30.1 Å². The van der Waals surface area contributed by atoms with E-state index in [9.17, 15) is 0 Å². The Labute approximate surface area is 55.7 Å². The monoisotopic (exact) mass is 122 g/mol. The summed E-state index contributed by atoms with van der Waals surface area (Å²) in [7, 11) is 0. The third-order valence-electron chi connectivity index (χ3n) is 1.29. The molecule has 0 radical (unpaired) electrons. The first-order chi connectivity index (χ1) is 4.43. The maximum atomic E-state index is 3.17. The van der Waals surface area contributed by atoms with Crippen LogP contribution in [-0.2, 0) is 6.42 Å². The number of hydrogen-bond acceptors (Lipinski definition) is 0. The van der Waals surface area contributed by atoms with E-state index < -0.39 is 0 Å². The number of nitrogens with one attached hydrogen (secondary N) is 1. The van der Waals surface area contributed by atoms with E-state index in [1.807, 2.05) is 12.3 Å². The Balaban J connectivity index is 2.61. The van der Waals surface area contributed by atoms with Crippen molar-refractivity contribution in [3.8, 4) is 0 Å². The fourth-order valence-electron chi connectivity index (χ4n) is 0.855. The SMILES string of the molecule is CCCc1cccc[nH+]1. The van der Waals surface area contributed by atoms with Gasteiger partial charge in [0.15, 0.2) is 11.9 Å². The van der Waals surface area contributed by atoms with Crippen LogP contribution in [0, 0.1) is 0 Å². The lowest BCUT2D eigenvalue weighted by Gasteiger charge is -1.86. The van der Waals surface area contributed by atoms with Crippen molar-refractivity contribution in [1.82, 2.24) is 0 Å². The number of hydrogen-bond donors (Lipinski definition) is 0. The van der Waals surface area contributed by atoms with Crippen LogP contribution >= 0.6 is 0 Å². The van der Waals surface area contributed by atoms with Crippen LogP contribution in [-0.4, -0.2) is 0 Å². The normalized spacial score (nSPS) is 9.44. The van der Waals surface area contributed by atoms with Crippen molar-refractivity contribution in [2.45, 2.75) is 19.8 Å². The third-order valence-corrected chi connectivity index (χ3v) is 1.29. The molecule has 0 aromatic carbocycles. The van der Waals surface area contributed by atoms with Crippen molar-refractivity contribution in [1.29, 1.82) is 0 Å². The summed E-state index contributed by atoms with van der Waals surface area (Å²) >= 11 is 0. The molecule has 1 heteroatoms. The van der Waals surface area contributed by atoms with E-state index in [0.29, 0.717) is 0 Å². The van der Waals surface area contributed by atoms with Crippen molar-refractivity contribution >= 4 is 0 Å². The van der Waals surface area contributed by atoms with E-state index >= 15 is 0 Å². The van der Waals surface area contributed by atoms with Crippen molar-refractivity contribution in [2.75, 3.05) is 0 Å². The van der Waals surface area contributed by atoms with Gasteiger partial charge in [-0.1, -0.05) is 13.0 Å². The standard InChI is InChI=1S/C8H11N/c1-2-5-8-6-3-4-7-9-8/h3-4,6-7H,2,5H2,1H3/p+1. The second kappa shape index (κ2) is 3.23. The van der Waals surface area contributed by atoms with Crippen LogP contribution in [0.2, 0.25) is 0 Å². The van der Waals surface area contributed by atoms with Gasteiger partial charge in [-0.2, -0.15) is 0 Å². The van der Waals surface area contributed by atoms with Gasteiger partial charge in [0.1, 0.15) is 0 Å². The highest BCUT2D eigenvalue weighted by molar-refractivity contribution is 4.95.